The summed E-state index contributed by atoms with van der Waals surface area (Å²) < 4.78 is 5.43. The normalized spacial score (nSPS) is 12.5. The Bertz CT molecular complexity index is 281. The molecule has 1 N–H and O–H groups in total. The van der Waals surface area contributed by atoms with Gasteiger partial charge in [0.25, 0.3) is 0 Å². The van der Waals surface area contributed by atoms with E-state index >= 15 is 0 Å². The Balaban J connectivity index is 2.57. The fourth-order valence-corrected chi connectivity index (χ4v) is 1.60. The molecule has 0 saturated heterocycles. The van der Waals surface area contributed by atoms with Gasteiger partial charge in [0.15, 0.2) is 0 Å². The Morgan fingerprint density at radius 2 is 2.21 bits per heavy atom. The lowest BCUT2D eigenvalue weighted by atomic mass is 10.3. The molecule has 0 aliphatic heterocycles. The van der Waals surface area contributed by atoms with Crippen LogP contribution in [0.25, 0.3) is 0 Å². The first-order valence-corrected chi connectivity index (χ1v) is 6.03. The molecule has 1 unspecified atom stereocenters. The van der Waals surface area contributed by atoms with E-state index in [0.717, 1.165) is 10.6 Å². The summed E-state index contributed by atoms with van der Waals surface area (Å²) in [4.78, 5) is 1.06. The van der Waals surface area contributed by atoms with Crippen molar-refractivity contribution in [1.82, 2.24) is 0 Å². The van der Waals surface area contributed by atoms with Crippen molar-refractivity contribution in [2.75, 3.05) is 18.7 Å². The number of thioether (sulfide) groups is 1. The van der Waals surface area contributed by atoms with E-state index in [9.17, 15) is 5.11 Å². The Morgan fingerprint density at radius 1 is 1.50 bits per heavy atom. The molecule has 0 radical (unpaired) electrons. The molecule has 0 amide bonds. The number of alkyl halides is 1. The molecule has 0 fully saturated rings. The monoisotopic (exact) mass is 232 g/mol. The van der Waals surface area contributed by atoms with Crippen molar-refractivity contribution < 1.29 is 9.84 Å². The molecule has 1 aromatic carbocycles. The van der Waals surface area contributed by atoms with Gasteiger partial charge < -0.3 is 9.84 Å². The van der Waals surface area contributed by atoms with E-state index in [4.69, 9.17) is 16.3 Å². The summed E-state index contributed by atoms with van der Waals surface area (Å²) in [5, 5.41) is 9.22. The van der Waals surface area contributed by atoms with Crippen LogP contribution >= 0.6 is 23.4 Å². The Kier molecular flexibility index (Phi) is 5.15. The van der Waals surface area contributed by atoms with E-state index < -0.39 is 6.10 Å². The molecular weight excluding hydrogens is 220 g/mol. The van der Waals surface area contributed by atoms with Crippen LogP contribution in [0.1, 0.15) is 0 Å². The Labute approximate surface area is 93.2 Å². The van der Waals surface area contributed by atoms with Gasteiger partial charge in [-0.25, -0.2) is 0 Å². The summed E-state index contributed by atoms with van der Waals surface area (Å²) in [5.41, 5.74) is 0. The largest absolute Gasteiger partial charge is 0.490 e. The first-order chi connectivity index (χ1) is 6.77. The maximum absolute atomic E-state index is 9.22. The molecule has 4 heteroatoms. The fraction of sp³-hybridized carbons (Fsp3) is 0.400. The molecule has 0 spiro atoms. The third kappa shape index (κ3) is 3.40. The second-order valence-electron chi connectivity index (χ2n) is 2.77. The van der Waals surface area contributed by atoms with Gasteiger partial charge in [-0.15, -0.1) is 23.4 Å². The molecule has 0 saturated carbocycles. The summed E-state index contributed by atoms with van der Waals surface area (Å²) in [7, 11) is 0. The van der Waals surface area contributed by atoms with Crippen molar-refractivity contribution in [2.45, 2.75) is 11.0 Å². The van der Waals surface area contributed by atoms with Crippen LogP contribution in [-0.2, 0) is 0 Å². The maximum atomic E-state index is 9.22. The number of hydrogen-bond donors (Lipinski definition) is 1. The summed E-state index contributed by atoms with van der Waals surface area (Å²) in [5.74, 6) is 0.991. The number of halogens is 1. The molecule has 0 aliphatic rings. The minimum atomic E-state index is -0.605. The average Bonchev–Trinajstić information content (AvgIpc) is 2.26. The molecule has 14 heavy (non-hydrogen) atoms. The number of benzene rings is 1. The van der Waals surface area contributed by atoms with E-state index in [1.54, 1.807) is 11.8 Å². The number of ether oxygens (including phenoxy) is 1. The van der Waals surface area contributed by atoms with E-state index in [0.29, 0.717) is 0 Å². The first-order valence-electron chi connectivity index (χ1n) is 4.27. The fourth-order valence-electron chi connectivity index (χ4n) is 0.969. The number of para-hydroxylation sites is 1. The molecular formula is C10H13ClO2S. The Hall–Kier alpha value is -0.380. The van der Waals surface area contributed by atoms with Gasteiger partial charge >= 0.3 is 0 Å². The summed E-state index contributed by atoms with van der Waals surface area (Å²) in [6.07, 6.45) is 1.38. The quantitative estimate of drug-likeness (QED) is 0.625. The molecule has 1 atom stereocenters. The first kappa shape index (κ1) is 11.7. The lowest BCUT2D eigenvalue weighted by molar-refractivity contribution is 0.123. The average molecular weight is 233 g/mol. The van der Waals surface area contributed by atoms with Crippen LogP contribution in [0.5, 0.6) is 5.75 Å². The van der Waals surface area contributed by atoms with Crippen molar-refractivity contribution in [3.05, 3.63) is 24.3 Å². The van der Waals surface area contributed by atoms with Crippen LogP contribution in [0.3, 0.4) is 0 Å². The number of aliphatic hydroxyl groups excluding tert-OH is 1. The van der Waals surface area contributed by atoms with Crippen LogP contribution in [0.2, 0.25) is 0 Å². The van der Waals surface area contributed by atoms with Crippen molar-refractivity contribution in [3.63, 3.8) is 0 Å². The topological polar surface area (TPSA) is 29.5 Å². The highest BCUT2D eigenvalue weighted by atomic mass is 35.5. The van der Waals surface area contributed by atoms with Crippen molar-refractivity contribution in [1.29, 1.82) is 0 Å². The number of hydrogen-bond acceptors (Lipinski definition) is 3. The maximum Gasteiger partial charge on any atom is 0.132 e. The van der Waals surface area contributed by atoms with Crippen LogP contribution in [0, 0.1) is 0 Å². The van der Waals surface area contributed by atoms with Crippen LogP contribution in [0.15, 0.2) is 29.2 Å². The second-order valence-corrected chi connectivity index (χ2v) is 3.93. The lowest BCUT2D eigenvalue weighted by Crippen LogP contribution is -2.18. The standard InChI is InChI=1S/C10H13ClO2S/c1-14-10-5-3-2-4-9(10)13-7-8(12)6-11/h2-5,8,12H,6-7H2,1H3. The highest BCUT2D eigenvalue weighted by Gasteiger charge is 2.05. The summed E-state index contributed by atoms with van der Waals surface area (Å²) in [6, 6.07) is 7.72. The minimum absolute atomic E-state index is 0.196. The molecule has 0 heterocycles. The molecule has 1 rings (SSSR count). The van der Waals surface area contributed by atoms with E-state index in [1.165, 1.54) is 0 Å². The van der Waals surface area contributed by atoms with Gasteiger partial charge in [0.1, 0.15) is 18.5 Å². The number of aliphatic hydroxyl groups is 1. The van der Waals surface area contributed by atoms with Crippen molar-refractivity contribution in [3.8, 4) is 5.75 Å². The SMILES string of the molecule is CSc1ccccc1OCC(O)CCl. The minimum Gasteiger partial charge on any atom is -0.490 e. The third-order valence-corrected chi connectivity index (χ3v) is 2.81. The van der Waals surface area contributed by atoms with Gasteiger partial charge in [-0.2, -0.15) is 0 Å². The van der Waals surface area contributed by atoms with E-state index in [1.807, 2.05) is 30.5 Å². The zero-order valence-electron chi connectivity index (χ0n) is 7.94. The van der Waals surface area contributed by atoms with Crippen LogP contribution in [-0.4, -0.2) is 30.0 Å². The zero-order chi connectivity index (χ0) is 10.4. The van der Waals surface area contributed by atoms with Gasteiger partial charge in [0.2, 0.25) is 0 Å². The third-order valence-electron chi connectivity index (χ3n) is 1.68. The van der Waals surface area contributed by atoms with E-state index in [-0.39, 0.29) is 12.5 Å². The van der Waals surface area contributed by atoms with E-state index in [2.05, 4.69) is 0 Å². The Morgan fingerprint density at radius 3 is 2.86 bits per heavy atom. The smallest absolute Gasteiger partial charge is 0.132 e. The molecule has 0 bridgehead atoms. The predicted octanol–water partition coefficient (Wildman–Crippen LogP) is 2.39. The summed E-state index contributed by atoms with van der Waals surface area (Å²) in [6.45, 7) is 0.237. The van der Waals surface area contributed by atoms with Gasteiger partial charge in [-0.1, -0.05) is 12.1 Å². The zero-order valence-corrected chi connectivity index (χ0v) is 9.52. The van der Waals surface area contributed by atoms with Crippen LogP contribution in [0.4, 0.5) is 0 Å². The molecule has 2 nitrogen and oxygen atoms in total. The molecule has 1 aromatic rings. The highest BCUT2D eigenvalue weighted by Crippen LogP contribution is 2.26. The summed E-state index contributed by atoms with van der Waals surface area (Å²) >= 11 is 7.07. The van der Waals surface area contributed by atoms with Crippen molar-refractivity contribution >= 4 is 23.4 Å². The molecule has 0 aliphatic carbocycles. The molecule has 0 aromatic heterocycles. The molecule has 78 valence electrons. The second kappa shape index (κ2) is 6.17. The van der Waals surface area contributed by atoms with Gasteiger partial charge in [-0.3, -0.25) is 0 Å². The van der Waals surface area contributed by atoms with Crippen LogP contribution < -0.4 is 4.74 Å². The highest BCUT2D eigenvalue weighted by molar-refractivity contribution is 7.98. The van der Waals surface area contributed by atoms with Gasteiger partial charge in [-0.05, 0) is 18.4 Å². The van der Waals surface area contributed by atoms with Gasteiger partial charge in [0, 0.05) is 4.90 Å². The predicted molar refractivity (Wildman–Crippen MR) is 60.4 cm³/mol. The van der Waals surface area contributed by atoms with Crippen molar-refractivity contribution in [2.24, 2.45) is 0 Å². The number of rotatable bonds is 5. The lowest BCUT2D eigenvalue weighted by Gasteiger charge is -2.11. The van der Waals surface area contributed by atoms with Gasteiger partial charge in [0.05, 0.1) is 5.88 Å².